The lowest BCUT2D eigenvalue weighted by Crippen LogP contribution is -2.32. The fourth-order valence-electron chi connectivity index (χ4n) is 1.77. The molecule has 0 saturated heterocycles. The zero-order chi connectivity index (χ0) is 13.4. The first-order valence-corrected chi connectivity index (χ1v) is 6.23. The third kappa shape index (κ3) is 4.50. The molecule has 0 spiro atoms. The van der Waals surface area contributed by atoms with Crippen LogP contribution in [0.2, 0.25) is 0 Å². The number of nitrogens with two attached hydrogens (primary N) is 1. The molecule has 0 aliphatic heterocycles. The fourth-order valence-corrected chi connectivity index (χ4v) is 1.77. The molecule has 3 nitrogen and oxygen atoms in total. The van der Waals surface area contributed by atoms with Crippen molar-refractivity contribution in [2.75, 3.05) is 18.8 Å². The standard InChI is InChI=1S/C15H20N2O/c1-3-11-17(12-4-2)15(18)10-7-13-5-8-14(16)9-6-13/h1,5-6,8-9H,4,7,10-12,16H2,2H3. The predicted octanol–water partition coefficient (Wildman–Crippen LogP) is 2.07. The van der Waals surface area contributed by atoms with Crippen LogP contribution in [0.25, 0.3) is 0 Å². The van der Waals surface area contributed by atoms with Crippen LogP contribution >= 0.6 is 0 Å². The molecule has 0 fully saturated rings. The summed E-state index contributed by atoms with van der Waals surface area (Å²) in [5.74, 6) is 2.64. The van der Waals surface area contributed by atoms with Crippen LogP contribution in [-0.2, 0) is 11.2 Å². The van der Waals surface area contributed by atoms with Crippen molar-refractivity contribution in [1.29, 1.82) is 0 Å². The van der Waals surface area contributed by atoms with Gasteiger partial charge in [0, 0.05) is 18.7 Å². The SMILES string of the molecule is C#CCN(CCC)C(=O)CCc1ccc(N)cc1. The molecule has 0 bridgehead atoms. The van der Waals surface area contributed by atoms with Gasteiger partial charge in [0.05, 0.1) is 6.54 Å². The summed E-state index contributed by atoms with van der Waals surface area (Å²) in [7, 11) is 0. The van der Waals surface area contributed by atoms with E-state index in [-0.39, 0.29) is 5.91 Å². The quantitative estimate of drug-likeness (QED) is 0.615. The molecule has 0 aromatic heterocycles. The molecule has 2 N–H and O–H groups in total. The van der Waals surface area contributed by atoms with E-state index in [4.69, 9.17) is 12.2 Å². The van der Waals surface area contributed by atoms with Gasteiger partial charge in [-0.2, -0.15) is 0 Å². The summed E-state index contributed by atoms with van der Waals surface area (Å²) in [6.45, 7) is 3.16. The Morgan fingerprint density at radius 1 is 1.39 bits per heavy atom. The molecule has 1 aromatic rings. The average Bonchev–Trinajstić information content (AvgIpc) is 2.37. The first-order valence-electron chi connectivity index (χ1n) is 6.23. The van der Waals surface area contributed by atoms with Crippen molar-refractivity contribution in [2.24, 2.45) is 0 Å². The summed E-state index contributed by atoms with van der Waals surface area (Å²) in [6, 6.07) is 7.61. The number of nitrogens with zero attached hydrogens (tertiary/aromatic N) is 1. The molecule has 0 saturated carbocycles. The number of nitrogen functional groups attached to an aromatic ring is 1. The zero-order valence-corrected chi connectivity index (χ0v) is 10.9. The van der Waals surface area contributed by atoms with Gasteiger partial charge in [-0.1, -0.05) is 25.0 Å². The van der Waals surface area contributed by atoms with E-state index in [9.17, 15) is 4.79 Å². The van der Waals surface area contributed by atoms with Crippen molar-refractivity contribution in [3.63, 3.8) is 0 Å². The van der Waals surface area contributed by atoms with Gasteiger partial charge in [-0.05, 0) is 30.5 Å². The van der Waals surface area contributed by atoms with Gasteiger partial charge in [0.15, 0.2) is 0 Å². The van der Waals surface area contributed by atoms with E-state index in [1.54, 1.807) is 4.90 Å². The Bertz CT molecular complexity index is 417. The van der Waals surface area contributed by atoms with Crippen molar-refractivity contribution >= 4 is 11.6 Å². The number of benzene rings is 1. The Labute approximate surface area is 109 Å². The van der Waals surface area contributed by atoms with Crippen LogP contribution < -0.4 is 5.73 Å². The van der Waals surface area contributed by atoms with Crippen LogP contribution in [0.1, 0.15) is 25.3 Å². The molecular formula is C15H20N2O. The molecule has 0 aliphatic carbocycles. The largest absolute Gasteiger partial charge is 0.399 e. The van der Waals surface area contributed by atoms with E-state index in [1.165, 1.54) is 0 Å². The third-order valence-electron chi connectivity index (χ3n) is 2.74. The Morgan fingerprint density at radius 3 is 2.61 bits per heavy atom. The Kier molecular flexibility index (Phi) is 5.79. The highest BCUT2D eigenvalue weighted by molar-refractivity contribution is 5.76. The second-order valence-corrected chi connectivity index (χ2v) is 4.26. The number of hydrogen-bond acceptors (Lipinski definition) is 2. The number of carbonyl (C=O) groups excluding carboxylic acids is 1. The smallest absolute Gasteiger partial charge is 0.223 e. The van der Waals surface area contributed by atoms with Gasteiger partial charge < -0.3 is 10.6 Å². The Balaban J connectivity index is 2.48. The molecule has 0 atom stereocenters. The zero-order valence-electron chi connectivity index (χ0n) is 10.9. The van der Waals surface area contributed by atoms with E-state index in [0.717, 1.165) is 30.6 Å². The maximum absolute atomic E-state index is 12.0. The summed E-state index contributed by atoms with van der Waals surface area (Å²) in [6.07, 6.45) is 7.41. The van der Waals surface area contributed by atoms with Crippen molar-refractivity contribution in [3.8, 4) is 12.3 Å². The first-order chi connectivity index (χ1) is 8.67. The predicted molar refractivity (Wildman–Crippen MR) is 74.9 cm³/mol. The summed E-state index contributed by atoms with van der Waals surface area (Å²) >= 11 is 0. The van der Waals surface area contributed by atoms with Crippen molar-refractivity contribution < 1.29 is 4.79 Å². The molecule has 96 valence electrons. The summed E-state index contributed by atoms with van der Waals surface area (Å²) in [5, 5.41) is 0. The number of aryl methyl sites for hydroxylation is 1. The number of rotatable bonds is 6. The topological polar surface area (TPSA) is 46.3 Å². The maximum Gasteiger partial charge on any atom is 0.223 e. The van der Waals surface area contributed by atoms with Crippen LogP contribution in [0, 0.1) is 12.3 Å². The van der Waals surface area contributed by atoms with Gasteiger partial charge in [0.1, 0.15) is 0 Å². The number of anilines is 1. The van der Waals surface area contributed by atoms with Crippen LogP contribution in [0.3, 0.4) is 0 Å². The second kappa shape index (κ2) is 7.39. The minimum atomic E-state index is 0.117. The van der Waals surface area contributed by atoms with Gasteiger partial charge in [-0.15, -0.1) is 6.42 Å². The van der Waals surface area contributed by atoms with E-state index in [0.29, 0.717) is 13.0 Å². The average molecular weight is 244 g/mol. The van der Waals surface area contributed by atoms with Crippen LogP contribution in [0.15, 0.2) is 24.3 Å². The van der Waals surface area contributed by atoms with Gasteiger partial charge in [-0.25, -0.2) is 0 Å². The lowest BCUT2D eigenvalue weighted by Gasteiger charge is -2.19. The molecule has 1 aromatic carbocycles. The van der Waals surface area contributed by atoms with Gasteiger partial charge in [0.2, 0.25) is 5.91 Å². The number of amides is 1. The Hall–Kier alpha value is -1.95. The molecule has 0 heterocycles. The maximum atomic E-state index is 12.0. The van der Waals surface area contributed by atoms with Crippen molar-refractivity contribution in [3.05, 3.63) is 29.8 Å². The van der Waals surface area contributed by atoms with E-state index < -0.39 is 0 Å². The highest BCUT2D eigenvalue weighted by Gasteiger charge is 2.11. The highest BCUT2D eigenvalue weighted by atomic mass is 16.2. The normalized spacial score (nSPS) is 9.78. The van der Waals surface area contributed by atoms with E-state index >= 15 is 0 Å². The van der Waals surface area contributed by atoms with Crippen molar-refractivity contribution in [2.45, 2.75) is 26.2 Å². The van der Waals surface area contributed by atoms with E-state index in [2.05, 4.69) is 5.92 Å². The molecule has 3 heteroatoms. The van der Waals surface area contributed by atoms with Gasteiger partial charge >= 0.3 is 0 Å². The first kappa shape index (κ1) is 14.1. The molecule has 18 heavy (non-hydrogen) atoms. The third-order valence-corrected chi connectivity index (χ3v) is 2.74. The number of terminal acetylenes is 1. The van der Waals surface area contributed by atoms with Gasteiger partial charge in [-0.3, -0.25) is 4.79 Å². The summed E-state index contributed by atoms with van der Waals surface area (Å²) in [4.78, 5) is 13.7. The van der Waals surface area contributed by atoms with E-state index in [1.807, 2.05) is 31.2 Å². The molecule has 0 unspecified atom stereocenters. The van der Waals surface area contributed by atoms with Crippen LogP contribution in [-0.4, -0.2) is 23.9 Å². The van der Waals surface area contributed by atoms with Crippen LogP contribution in [0.4, 0.5) is 5.69 Å². The Morgan fingerprint density at radius 2 is 2.06 bits per heavy atom. The lowest BCUT2D eigenvalue weighted by molar-refractivity contribution is -0.130. The molecule has 0 radical (unpaired) electrons. The highest BCUT2D eigenvalue weighted by Crippen LogP contribution is 2.09. The molecular weight excluding hydrogens is 224 g/mol. The number of carbonyl (C=O) groups is 1. The van der Waals surface area contributed by atoms with Crippen molar-refractivity contribution in [1.82, 2.24) is 4.90 Å². The summed E-state index contributed by atoms with van der Waals surface area (Å²) < 4.78 is 0. The van der Waals surface area contributed by atoms with Gasteiger partial charge in [0.25, 0.3) is 0 Å². The lowest BCUT2D eigenvalue weighted by atomic mass is 10.1. The summed E-state index contributed by atoms with van der Waals surface area (Å²) in [5.41, 5.74) is 7.47. The minimum Gasteiger partial charge on any atom is -0.399 e. The molecule has 0 aliphatic rings. The molecule has 1 amide bonds. The minimum absolute atomic E-state index is 0.117. The fraction of sp³-hybridized carbons (Fsp3) is 0.400. The number of hydrogen-bond donors (Lipinski definition) is 1. The van der Waals surface area contributed by atoms with Crippen LogP contribution in [0.5, 0.6) is 0 Å². The molecule has 1 rings (SSSR count). The monoisotopic (exact) mass is 244 g/mol. The second-order valence-electron chi connectivity index (χ2n) is 4.26.